The van der Waals surface area contributed by atoms with Gasteiger partial charge in [-0.05, 0) is 26.3 Å². The van der Waals surface area contributed by atoms with Gasteiger partial charge >= 0.3 is 0 Å². The van der Waals surface area contributed by atoms with Gasteiger partial charge in [-0.3, -0.25) is 4.79 Å². The second-order valence-electron chi connectivity index (χ2n) is 4.55. The summed E-state index contributed by atoms with van der Waals surface area (Å²) in [5, 5.41) is 6.36. The Kier molecular flexibility index (Phi) is 8.57. The molecule has 0 spiro atoms. The monoisotopic (exact) mass is 325 g/mol. The lowest BCUT2D eigenvalue weighted by Crippen LogP contribution is -2.47. The molecule has 7 heteroatoms. The summed E-state index contributed by atoms with van der Waals surface area (Å²) < 4.78 is 0. The van der Waals surface area contributed by atoms with E-state index in [1.165, 1.54) is 6.42 Å². The van der Waals surface area contributed by atoms with Gasteiger partial charge in [0.15, 0.2) is 0 Å². The maximum Gasteiger partial charge on any atom is 0.239 e. The van der Waals surface area contributed by atoms with E-state index < -0.39 is 0 Å². The van der Waals surface area contributed by atoms with Gasteiger partial charge in [0.25, 0.3) is 0 Å². The number of rotatable bonds is 3. The van der Waals surface area contributed by atoms with Gasteiger partial charge in [-0.15, -0.1) is 36.2 Å². The first-order valence-electron chi connectivity index (χ1n) is 6.06. The molecule has 1 amide bonds. The van der Waals surface area contributed by atoms with Crippen molar-refractivity contribution in [2.75, 3.05) is 13.6 Å². The fourth-order valence-electron chi connectivity index (χ4n) is 2.13. The number of nitrogens with zero attached hydrogens (tertiary/aromatic N) is 2. The molecule has 0 bridgehead atoms. The summed E-state index contributed by atoms with van der Waals surface area (Å²) in [6.07, 6.45) is 3.28. The first kappa shape index (κ1) is 18.6. The van der Waals surface area contributed by atoms with Crippen LogP contribution in [0.4, 0.5) is 0 Å². The van der Waals surface area contributed by atoms with Crippen molar-refractivity contribution in [1.82, 2.24) is 15.2 Å². The number of aryl methyl sites for hydroxylation is 1. The molecule has 1 fully saturated rings. The summed E-state index contributed by atoms with van der Waals surface area (Å²) in [5.74, 6) is 0.190. The van der Waals surface area contributed by atoms with E-state index in [4.69, 9.17) is 0 Å². The largest absolute Gasteiger partial charge is 0.338 e. The van der Waals surface area contributed by atoms with Crippen molar-refractivity contribution in [1.29, 1.82) is 0 Å². The fraction of sp³-hybridized carbons (Fsp3) is 0.667. The molecule has 2 heterocycles. The van der Waals surface area contributed by atoms with Crippen LogP contribution in [0.15, 0.2) is 5.38 Å². The topological polar surface area (TPSA) is 45.2 Å². The van der Waals surface area contributed by atoms with E-state index in [0.717, 1.165) is 30.1 Å². The highest BCUT2D eigenvalue weighted by atomic mass is 35.5. The van der Waals surface area contributed by atoms with Crippen LogP contribution in [0.3, 0.4) is 0 Å². The van der Waals surface area contributed by atoms with E-state index in [1.807, 2.05) is 19.4 Å². The van der Waals surface area contributed by atoms with Crippen LogP contribution in [0.1, 0.15) is 30.0 Å². The number of aromatic nitrogens is 1. The number of carbonyl (C=O) groups excluding carboxylic acids is 1. The molecular formula is C12H21Cl2N3OS. The normalized spacial score (nSPS) is 18.1. The molecule has 2 rings (SSSR count). The summed E-state index contributed by atoms with van der Waals surface area (Å²) >= 11 is 1.63. The van der Waals surface area contributed by atoms with Gasteiger partial charge in [0.2, 0.25) is 5.91 Å². The smallest absolute Gasteiger partial charge is 0.239 e. The molecule has 1 aromatic rings. The fourth-order valence-corrected chi connectivity index (χ4v) is 2.73. The quantitative estimate of drug-likeness (QED) is 0.928. The number of hydrogen-bond acceptors (Lipinski definition) is 4. The van der Waals surface area contributed by atoms with Crippen molar-refractivity contribution in [3.63, 3.8) is 0 Å². The zero-order chi connectivity index (χ0) is 12.3. The van der Waals surface area contributed by atoms with Crippen LogP contribution < -0.4 is 5.32 Å². The standard InChI is InChI=1S/C12H19N3OS.2ClH/c1-9-14-10(8-17-9)7-15(2)12(16)11-5-3-4-6-13-11;;/h8,11,13H,3-7H2,1-2H3;2*1H/t11-;;/m1../s1. The summed E-state index contributed by atoms with van der Waals surface area (Å²) in [5.41, 5.74) is 0.985. The zero-order valence-electron chi connectivity index (χ0n) is 11.2. The summed E-state index contributed by atoms with van der Waals surface area (Å²) in [6, 6.07) is 0.00785. The Bertz CT molecular complexity index is 394. The SMILES string of the molecule is Cc1nc(CN(C)C(=O)[C@H]2CCCCN2)cs1.Cl.Cl. The number of nitrogens with one attached hydrogen (secondary N) is 1. The van der Waals surface area contributed by atoms with E-state index >= 15 is 0 Å². The Labute approximate surface area is 130 Å². The van der Waals surface area contributed by atoms with Crippen molar-refractivity contribution in [2.24, 2.45) is 0 Å². The molecule has 1 aliphatic rings. The molecule has 0 saturated carbocycles. The number of halogens is 2. The third-order valence-corrected chi connectivity index (χ3v) is 3.87. The van der Waals surface area contributed by atoms with Crippen LogP contribution in [0.5, 0.6) is 0 Å². The Balaban J connectivity index is 0.00000162. The lowest BCUT2D eigenvalue weighted by atomic mass is 10.0. The van der Waals surface area contributed by atoms with E-state index in [2.05, 4.69) is 10.3 Å². The second-order valence-corrected chi connectivity index (χ2v) is 5.62. The molecule has 19 heavy (non-hydrogen) atoms. The first-order valence-corrected chi connectivity index (χ1v) is 6.94. The highest BCUT2D eigenvalue weighted by molar-refractivity contribution is 7.09. The molecule has 0 aliphatic carbocycles. The van der Waals surface area contributed by atoms with Crippen molar-refractivity contribution >= 4 is 42.1 Å². The molecule has 0 unspecified atom stereocenters. The van der Waals surface area contributed by atoms with Crippen LogP contribution in [0, 0.1) is 6.92 Å². The highest BCUT2D eigenvalue weighted by Crippen LogP contribution is 2.13. The van der Waals surface area contributed by atoms with Gasteiger partial charge in [-0.2, -0.15) is 0 Å². The summed E-state index contributed by atoms with van der Waals surface area (Å²) in [7, 11) is 1.85. The predicted octanol–water partition coefficient (Wildman–Crippen LogP) is 2.40. The minimum absolute atomic E-state index is 0. The lowest BCUT2D eigenvalue weighted by Gasteiger charge is -2.27. The van der Waals surface area contributed by atoms with E-state index in [-0.39, 0.29) is 36.8 Å². The van der Waals surface area contributed by atoms with Gasteiger partial charge < -0.3 is 10.2 Å². The highest BCUT2D eigenvalue weighted by Gasteiger charge is 2.23. The molecule has 1 aliphatic heterocycles. The van der Waals surface area contributed by atoms with Crippen LogP contribution >= 0.6 is 36.2 Å². The molecule has 1 atom stereocenters. The zero-order valence-corrected chi connectivity index (χ0v) is 13.7. The van der Waals surface area contributed by atoms with Crippen molar-refractivity contribution in [2.45, 2.75) is 38.8 Å². The van der Waals surface area contributed by atoms with E-state index in [0.29, 0.717) is 6.54 Å². The van der Waals surface area contributed by atoms with Gasteiger partial charge in [0, 0.05) is 12.4 Å². The molecule has 1 N–H and O–H groups in total. The maximum atomic E-state index is 12.1. The lowest BCUT2D eigenvalue weighted by molar-refractivity contribution is -0.133. The molecule has 0 radical (unpaired) electrons. The summed E-state index contributed by atoms with van der Waals surface area (Å²) in [4.78, 5) is 18.3. The van der Waals surface area contributed by atoms with Gasteiger partial charge in [-0.25, -0.2) is 4.98 Å². The van der Waals surface area contributed by atoms with Gasteiger partial charge in [0.05, 0.1) is 23.3 Å². The number of carbonyl (C=O) groups is 1. The molecular weight excluding hydrogens is 305 g/mol. The number of piperidine rings is 1. The van der Waals surface area contributed by atoms with Gasteiger partial charge in [0.1, 0.15) is 0 Å². The van der Waals surface area contributed by atoms with Crippen molar-refractivity contribution in [3.8, 4) is 0 Å². The number of thiazole rings is 1. The minimum atomic E-state index is 0. The first-order chi connectivity index (χ1) is 8.16. The Morgan fingerprint density at radius 2 is 2.26 bits per heavy atom. The Hall–Kier alpha value is -0.360. The summed E-state index contributed by atoms with van der Waals surface area (Å²) in [6.45, 7) is 3.56. The van der Waals surface area contributed by atoms with Gasteiger partial charge in [-0.1, -0.05) is 6.42 Å². The number of hydrogen-bond donors (Lipinski definition) is 1. The van der Waals surface area contributed by atoms with Crippen molar-refractivity contribution in [3.05, 3.63) is 16.1 Å². The minimum Gasteiger partial charge on any atom is -0.338 e. The molecule has 110 valence electrons. The second kappa shape index (κ2) is 8.74. The molecule has 1 saturated heterocycles. The molecule has 4 nitrogen and oxygen atoms in total. The average Bonchev–Trinajstić information content (AvgIpc) is 2.75. The van der Waals surface area contributed by atoms with Crippen LogP contribution in [0.2, 0.25) is 0 Å². The number of likely N-dealkylation sites (N-methyl/N-ethyl adjacent to an activating group) is 1. The van der Waals surface area contributed by atoms with Crippen molar-refractivity contribution < 1.29 is 4.79 Å². The van der Waals surface area contributed by atoms with E-state index in [9.17, 15) is 4.79 Å². The van der Waals surface area contributed by atoms with E-state index in [1.54, 1.807) is 16.2 Å². The molecule has 0 aromatic carbocycles. The predicted molar refractivity (Wildman–Crippen MR) is 83.5 cm³/mol. The third-order valence-electron chi connectivity index (χ3n) is 3.05. The number of amides is 1. The third kappa shape index (κ3) is 5.26. The average molecular weight is 326 g/mol. The Morgan fingerprint density at radius 1 is 1.53 bits per heavy atom. The molecule has 1 aromatic heterocycles. The van der Waals surface area contributed by atoms with Crippen LogP contribution in [-0.2, 0) is 11.3 Å². The van der Waals surface area contributed by atoms with Crippen LogP contribution in [0.25, 0.3) is 0 Å². The maximum absolute atomic E-state index is 12.1. The Morgan fingerprint density at radius 3 is 2.79 bits per heavy atom. The van der Waals surface area contributed by atoms with Crippen LogP contribution in [-0.4, -0.2) is 35.4 Å².